The molecule has 0 saturated carbocycles. The van der Waals surface area contributed by atoms with Gasteiger partial charge in [-0.1, -0.05) is 13.8 Å². The van der Waals surface area contributed by atoms with Crippen molar-refractivity contribution >= 4 is 49.9 Å². The van der Waals surface area contributed by atoms with Crippen LogP contribution in [0.1, 0.15) is 19.4 Å². The van der Waals surface area contributed by atoms with E-state index >= 15 is 0 Å². The van der Waals surface area contributed by atoms with Gasteiger partial charge in [0, 0.05) is 10.1 Å². The van der Waals surface area contributed by atoms with Crippen LogP contribution in [0.3, 0.4) is 0 Å². The number of hydrogen-bond donors (Lipinski definition) is 3. The molecule has 0 amide bonds. The molecule has 0 aliphatic heterocycles. The van der Waals surface area contributed by atoms with Crippen LogP contribution in [0.4, 0.5) is 30.2 Å². The summed E-state index contributed by atoms with van der Waals surface area (Å²) in [6, 6.07) is 5.06. The molecule has 0 bridgehead atoms. The summed E-state index contributed by atoms with van der Waals surface area (Å²) >= 11 is 1.91. The number of benzene rings is 2. The van der Waals surface area contributed by atoms with E-state index < -0.39 is 33.3 Å². The van der Waals surface area contributed by atoms with E-state index in [0.717, 1.165) is 6.07 Å². The summed E-state index contributed by atoms with van der Waals surface area (Å²) in [5, 5.41) is 2.47. The summed E-state index contributed by atoms with van der Waals surface area (Å²) in [7, 11) is -4.00. The zero-order valence-electron chi connectivity index (χ0n) is 14.0. The third-order valence-electron chi connectivity index (χ3n) is 3.44. The van der Waals surface area contributed by atoms with Crippen molar-refractivity contribution in [3.05, 3.63) is 50.9 Å². The quantitative estimate of drug-likeness (QED) is 0.499. The number of nitrogens with one attached hydrogen (secondary N) is 3. The van der Waals surface area contributed by atoms with Crippen LogP contribution in [-0.2, 0) is 16.6 Å². The van der Waals surface area contributed by atoms with Crippen LogP contribution in [0.25, 0.3) is 0 Å². The maximum absolute atomic E-state index is 14.4. The first kappa shape index (κ1) is 20.8. The molecule has 0 spiro atoms. The number of aryl methyl sites for hydroxylation is 1. The topological polar surface area (TPSA) is 70.2 Å². The molecule has 0 fully saturated rings. The van der Waals surface area contributed by atoms with Crippen LogP contribution in [0.5, 0.6) is 0 Å². The minimum atomic E-state index is -4.00. The van der Waals surface area contributed by atoms with Gasteiger partial charge in [0.05, 0.1) is 11.4 Å². The first-order valence-corrected chi connectivity index (χ1v) is 10.2. The van der Waals surface area contributed by atoms with Crippen LogP contribution >= 0.6 is 22.6 Å². The summed E-state index contributed by atoms with van der Waals surface area (Å²) in [5.41, 5.74) is -0.548. The van der Waals surface area contributed by atoms with Crippen LogP contribution in [-0.4, -0.2) is 15.0 Å². The lowest BCUT2D eigenvalue weighted by atomic mass is 10.1. The Hall–Kier alpha value is -1.53. The largest absolute Gasteiger partial charge is 0.349 e. The SMILES string of the molecule is CCNS(=O)(=O)Nc1c(CC)cc(F)c(F)c1Nc1ccc(I)cc1F. The summed E-state index contributed by atoms with van der Waals surface area (Å²) in [5.74, 6) is -3.16. The predicted octanol–water partition coefficient (Wildman–Crippen LogP) is 4.28. The average Bonchev–Trinajstić information content (AvgIpc) is 2.55. The normalized spacial score (nSPS) is 11.5. The van der Waals surface area contributed by atoms with E-state index in [4.69, 9.17) is 0 Å². The summed E-state index contributed by atoms with van der Waals surface area (Å²) < 4.78 is 71.6. The van der Waals surface area contributed by atoms with E-state index in [1.807, 2.05) is 22.6 Å². The van der Waals surface area contributed by atoms with Gasteiger partial charge in [-0.25, -0.2) is 13.2 Å². The molecule has 0 atom stereocenters. The Labute approximate surface area is 163 Å². The maximum atomic E-state index is 14.4. The van der Waals surface area contributed by atoms with Gasteiger partial charge < -0.3 is 5.32 Å². The molecule has 2 rings (SSSR count). The van der Waals surface area contributed by atoms with Crippen LogP contribution in [0.15, 0.2) is 24.3 Å². The Bertz CT molecular complexity index is 923. The van der Waals surface area contributed by atoms with Crippen LogP contribution in [0.2, 0.25) is 0 Å². The van der Waals surface area contributed by atoms with E-state index in [1.165, 1.54) is 12.1 Å². The zero-order valence-corrected chi connectivity index (χ0v) is 16.9. The van der Waals surface area contributed by atoms with Crippen molar-refractivity contribution in [1.82, 2.24) is 4.72 Å². The molecule has 0 aliphatic rings. The number of rotatable bonds is 7. The Morgan fingerprint density at radius 3 is 2.31 bits per heavy atom. The van der Waals surface area contributed by atoms with Crippen molar-refractivity contribution in [2.45, 2.75) is 20.3 Å². The maximum Gasteiger partial charge on any atom is 0.299 e. The van der Waals surface area contributed by atoms with Crippen molar-refractivity contribution in [3.63, 3.8) is 0 Å². The van der Waals surface area contributed by atoms with Gasteiger partial charge in [0.1, 0.15) is 11.5 Å². The number of hydrogen-bond acceptors (Lipinski definition) is 3. The molecule has 0 saturated heterocycles. The summed E-state index contributed by atoms with van der Waals surface area (Å²) in [6.07, 6.45) is 0.227. The van der Waals surface area contributed by atoms with Gasteiger partial charge in [-0.3, -0.25) is 4.72 Å². The monoisotopic (exact) mass is 499 g/mol. The highest BCUT2D eigenvalue weighted by atomic mass is 127. The standard InChI is InChI=1S/C16H17F3IN3O2S/c1-3-9-7-12(18)14(19)16(15(9)23-26(24,25)21-4-2)22-13-6-5-10(20)8-11(13)17/h5-8,21-23H,3-4H2,1-2H3. The minimum Gasteiger partial charge on any atom is -0.349 e. The van der Waals surface area contributed by atoms with E-state index in [1.54, 1.807) is 19.9 Å². The van der Waals surface area contributed by atoms with Gasteiger partial charge in [0.15, 0.2) is 11.6 Å². The van der Waals surface area contributed by atoms with Crippen molar-refractivity contribution < 1.29 is 21.6 Å². The molecular formula is C16H17F3IN3O2S. The van der Waals surface area contributed by atoms with Crippen LogP contribution < -0.4 is 14.8 Å². The first-order chi connectivity index (χ1) is 12.2. The predicted molar refractivity (Wildman–Crippen MR) is 104 cm³/mol. The molecule has 2 aromatic rings. The van der Waals surface area contributed by atoms with E-state index in [-0.39, 0.29) is 29.9 Å². The molecule has 26 heavy (non-hydrogen) atoms. The van der Waals surface area contributed by atoms with E-state index in [9.17, 15) is 21.6 Å². The molecule has 0 heterocycles. The highest BCUT2D eigenvalue weighted by molar-refractivity contribution is 14.1. The van der Waals surface area contributed by atoms with Gasteiger partial charge in [-0.15, -0.1) is 0 Å². The molecule has 0 aliphatic carbocycles. The highest BCUT2D eigenvalue weighted by Crippen LogP contribution is 2.35. The van der Waals surface area contributed by atoms with Crippen molar-refractivity contribution in [1.29, 1.82) is 0 Å². The second-order valence-electron chi connectivity index (χ2n) is 5.29. The highest BCUT2D eigenvalue weighted by Gasteiger charge is 2.22. The molecule has 0 aromatic heterocycles. The van der Waals surface area contributed by atoms with Crippen LogP contribution in [0, 0.1) is 21.0 Å². The smallest absolute Gasteiger partial charge is 0.299 e. The third-order valence-corrected chi connectivity index (χ3v) is 5.26. The Kier molecular flexibility index (Phi) is 6.74. The molecule has 10 heteroatoms. The zero-order chi connectivity index (χ0) is 19.5. The minimum absolute atomic E-state index is 0.106. The molecule has 142 valence electrons. The fourth-order valence-electron chi connectivity index (χ4n) is 2.28. The van der Waals surface area contributed by atoms with Gasteiger partial charge >= 0.3 is 0 Å². The molecule has 0 unspecified atom stereocenters. The summed E-state index contributed by atoms with van der Waals surface area (Å²) in [6.45, 7) is 3.34. The Morgan fingerprint density at radius 1 is 1.04 bits per heavy atom. The van der Waals surface area contributed by atoms with Crippen molar-refractivity contribution in [2.24, 2.45) is 0 Å². The van der Waals surface area contributed by atoms with E-state index in [0.29, 0.717) is 3.57 Å². The van der Waals surface area contributed by atoms with Crippen molar-refractivity contribution in [3.8, 4) is 0 Å². The molecule has 3 N–H and O–H groups in total. The van der Waals surface area contributed by atoms with Gasteiger partial charge in [-0.2, -0.15) is 13.1 Å². The molecule has 2 aromatic carbocycles. The molecular weight excluding hydrogens is 482 g/mol. The third kappa shape index (κ3) is 4.80. The second-order valence-corrected chi connectivity index (χ2v) is 8.03. The van der Waals surface area contributed by atoms with Crippen molar-refractivity contribution in [2.75, 3.05) is 16.6 Å². The Morgan fingerprint density at radius 2 is 1.73 bits per heavy atom. The summed E-state index contributed by atoms with van der Waals surface area (Å²) in [4.78, 5) is 0. The van der Waals surface area contributed by atoms with Gasteiger partial charge in [-0.05, 0) is 58.8 Å². The molecule has 0 radical (unpaired) electrons. The van der Waals surface area contributed by atoms with Gasteiger partial charge in [0.25, 0.3) is 10.2 Å². The fraction of sp³-hybridized carbons (Fsp3) is 0.250. The lowest BCUT2D eigenvalue weighted by Crippen LogP contribution is -2.30. The Balaban J connectivity index is 2.60. The number of anilines is 3. The molecule has 5 nitrogen and oxygen atoms in total. The number of halogens is 4. The lowest BCUT2D eigenvalue weighted by Gasteiger charge is -2.19. The van der Waals surface area contributed by atoms with E-state index in [2.05, 4.69) is 14.8 Å². The first-order valence-electron chi connectivity index (χ1n) is 7.68. The lowest BCUT2D eigenvalue weighted by molar-refractivity contribution is 0.510. The average molecular weight is 499 g/mol. The van der Waals surface area contributed by atoms with Gasteiger partial charge in [0.2, 0.25) is 0 Å². The second kappa shape index (κ2) is 8.44. The fourth-order valence-corrected chi connectivity index (χ4v) is 3.68.